The van der Waals surface area contributed by atoms with Gasteiger partial charge in [-0.15, -0.1) is 11.3 Å². The van der Waals surface area contributed by atoms with Crippen molar-refractivity contribution < 1.29 is 9.90 Å². The summed E-state index contributed by atoms with van der Waals surface area (Å²) in [6, 6.07) is 1.87. The minimum Gasteiger partial charge on any atom is -0.394 e. The number of thiophene rings is 1. The molecule has 16 heavy (non-hydrogen) atoms. The van der Waals surface area contributed by atoms with Crippen LogP contribution in [0, 0.1) is 6.92 Å². The van der Waals surface area contributed by atoms with Crippen LogP contribution >= 0.6 is 27.3 Å². The van der Waals surface area contributed by atoms with E-state index in [-0.39, 0.29) is 18.1 Å². The van der Waals surface area contributed by atoms with Crippen molar-refractivity contribution in [2.45, 2.75) is 31.7 Å². The fourth-order valence-corrected chi connectivity index (χ4v) is 3.23. The number of amides is 1. The summed E-state index contributed by atoms with van der Waals surface area (Å²) in [7, 11) is 0. The molecule has 0 spiro atoms. The van der Waals surface area contributed by atoms with Gasteiger partial charge in [-0.05, 0) is 53.7 Å². The molecule has 1 aromatic rings. The van der Waals surface area contributed by atoms with Gasteiger partial charge in [-0.25, -0.2) is 0 Å². The van der Waals surface area contributed by atoms with E-state index in [0.717, 1.165) is 28.6 Å². The lowest BCUT2D eigenvalue weighted by Crippen LogP contribution is -2.56. The maximum Gasteiger partial charge on any atom is 0.261 e. The van der Waals surface area contributed by atoms with Gasteiger partial charge in [-0.2, -0.15) is 0 Å². The lowest BCUT2D eigenvalue weighted by molar-refractivity contribution is 0.0645. The highest BCUT2D eigenvalue weighted by molar-refractivity contribution is 9.11. The molecule has 2 N–H and O–H groups in total. The Morgan fingerprint density at radius 2 is 2.38 bits per heavy atom. The van der Waals surface area contributed by atoms with Gasteiger partial charge in [0.1, 0.15) is 0 Å². The maximum absolute atomic E-state index is 11.9. The molecule has 1 amide bonds. The molecule has 1 fully saturated rings. The highest BCUT2D eigenvalue weighted by Gasteiger charge is 2.38. The van der Waals surface area contributed by atoms with Crippen molar-refractivity contribution in [2.75, 3.05) is 6.61 Å². The number of hydrogen-bond donors (Lipinski definition) is 2. The molecule has 1 aromatic heterocycles. The normalized spacial score (nSPS) is 17.9. The predicted molar refractivity (Wildman–Crippen MR) is 67.9 cm³/mol. The number of hydrogen-bond acceptors (Lipinski definition) is 3. The van der Waals surface area contributed by atoms with Crippen LogP contribution < -0.4 is 5.32 Å². The van der Waals surface area contributed by atoms with Gasteiger partial charge in [0, 0.05) is 0 Å². The quantitative estimate of drug-likeness (QED) is 0.901. The number of aliphatic hydroxyl groups is 1. The Morgan fingerprint density at radius 1 is 1.69 bits per heavy atom. The summed E-state index contributed by atoms with van der Waals surface area (Å²) in [5.74, 6) is -0.0763. The van der Waals surface area contributed by atoms with Gasteiger partial charge >= 0.3 is 0 Å². The lowest BCUT2D eigenvalue weighted by Gasteiger charge is -2.40. The second-order valence-electron chi connectivity index (χ2n) is 4.31. The third-order valence-corrected chi connectivity index (χ3v) is 5.21. The molecule has 1 heterocycles. The van der Waals surface area contributed by atoms with E-state index in [9.17, 15) is 9.90 Å². The number of rotatable bonds is 3. The molecule has 0 aromatic carbocycles. The standard InChI is InChI=1S/C11H14BrNO2S/c1-7-5-8(16-9(7)12)10(15)13-11(6-14)3-2-4-11/h5,14H,2-4,6H2,1H3,(H,13,15). The van der Waals surface area contributed by atoms with Crippen molar-refractivity contribution in [1.82, 2.24) is 5.32 Å². The van der Waals surface area contributed by atoms with Gasteiger partial charge in [0.25, 0.3) is 5.91 Å². The van der Waals surface area contributed by atoms with Crippen molar-refractivity contribution in [3.05, 3.63) is 20.3 Å². The second-order valence-corrected chi connectivity index (χ2v) is 6.68. The molecule has 0 saturated heterocycles. The summed E-state index contributed by atoms with van der Waals surface area (Å²) >= 11 is 4.83. The first-order valence-corrected chi connectivity index (χ1v) is 6.87. The first-order chi connectivity index (χ1) is 7.56. The maximum atomic E-state index is 11.9. The van der Waals surface area contributed by atoms with Crippen LogP contribution in [0.3, 0.4) is 0 Å². The minimum atomic E-state index is -0.360. The molecule has 0 aliphatic heterocycles. The molecule has 88 valence electrons. The van der Waals surface area contributed by atoms with Crippen molar-refractivity contribution in [3.63, 3.8) is 0 Å². The zero-order valence-corrected chi connectivity index (χ0v) is 11.4. The summed E-state index contributed by atoms with van der Waals surface area (Å²) < 4.78 is 0.990. The van der Waals surface area contributed by atoms with E-state index in [1.54, 1.807) is 0 Å². The molecule has 0 radical (unpaired) electrons. The molecule has 0 bridgehead atoms. The highest BCUT2D eigenvalue weighted by Crippen LogP contribution is 2.33. The monoisotopic (exact) mass is 303 g/mol. The molecular formula is C11H14BrNO2S. The Labute approximate surface area is 107 Å². The summed E-state index contributed by atoms with van der Waals surface area (Å²) in [5.41, 5.74) is 0.711. The number of nitrogens with one attached hydrogen (secondary N) is 1. The Balaban J connectivity index is 2.08. The highest BCUT2D eigenvalue weighted by atomic mass is 79.9. The van der Waals surface area contributed by atoms with Crippen molar-refractivity contribution in [1.29, 1.82) is 0 Å². The summed E-state index contributed by atoms with van der Waals surface area (Å²) in [6.07, 6.45) is 2.83. The second kappa shape index (κ2) is 4.47. The fourth-order valence-electron chi connectivity index (χ4n) is 1.80. The van der Waals surface area contributed by atoms with E-state index in [1.165, 1.54) is 11.3 Å². The van der Waals surface area contributed by atoms with E-state index >= 15 is 0 Å². The lowest BCUT2D eigenvalue weighted by atomic mass is 9.77. The van der Waals surface area contributed by atoms with Crippen LogP contribution in [0.15, 0.2) is 9.85 Å². The number of carbonyl (C=O) groups excluding carboxylic acids is 1. The Morgan fingerprint density at radius 3 is 2.75 bits per heavy atom. The van der Waals surface area contributed by atoms with E-state index in [2.05, 4.69) is 21.2 Å². The number of halogens is 1. The SMILES string of the molecule is Cc1cc(C(=O)NC2(CO)CCC2)sc1Br. The van der Waals surface area contributed by atoms with Crippen LogP contribution in [0.2, 0.25) is 0 Å². The largest absolute Gasteiger partial charge is 0.394 e. The Hall–Kier alpha value is -0.390. The Bertz CT molecular complexity index is 387. The van der Waals surface area contributed by atoms with Gasteiger partial charge in [-0.1, -0.05) is 0 Å². The van der Waals surface area contributed by atoms with Crippen LogP contribution in [-0.2, 0) is 0 Å². The Kier molecular flexibility index (Phi) is 3.37. The van der Waals surface area contributed by atoms with E-state index in [4.69, 9.17) is 0 Å². The number of aryl methyl sites for hydroxylation is 1. The average Bonchev–Trinajstić information content (AvgIpc) is 2.53. The summed E-state index contributed by atoms with van der Waals surface area (Å²) in [4.78, 5) is 12.6. The smallest absolute Gasteiger partial charge is 0.261 e. The fraction of sp³-hybridized carbons (Fsp3) is 0.545. The molecular weight excluding hydrogens is 290 g/mol. The first-order valence-electron chi connectivity index (χ1n) is 5.26. The summed E-state index contributed by atoms with van der Waals surface area (Å²) in [5, 5.41) is 12.2. The van der Waals surface area contributed by atoms with E-state index in [1.807, 2.05) is 13.0 Å². The van der Waals surface area contributed by atoms with Crippen LogP contribution in [0.5, 0.6) is 0 Å². The third-order valence-electron chi connectivity index (χ3n) is 3.07. The summed E-state index contributed by atoms with van der Waals surface area (Å²) in [6.45, 7) is 1.99. The average molecular weight is 304 g/mol. The molecule has 5 heteroatoms. The van der Waals surface area contributed by atoms with Crippen LogP contribution in [-0.4, -0.2) is 23.2 Å². The third kappa shape index (κ3) is 2.17. The molecule has 2 rings (SSSR count). The van der Waals surface area contributed by atoms with Crippen molar-refractivity contribution in [2.24, 2.45) is 0 Å². The minimum absolute atomic E-state index is 0.0320. The van der Waals surface area contributed by atoms with Gasteiger partial charge in [0.05, 0.1) is 20.8 Å². The molecule has 1 saturated carbocycles. The molecule has 3 nitrogen and oxygen atoms in total. The predicted octanol–water partition coefficient (Wildman–Crippen LogP) is 2.46. The van der Waals surface area contributed by atoms with E-state index in [0.29, 0.717) is 4.88 Å². The molecule has 1 aliphatic carbocycles. The van der Waals surface area contributed by atoms with Gasteiger partial charge in [0.2, 0.25) is 0 Å². The van der Waals surface area contributed by atoms with Gasteiger partial charge in [-0.3, -0.25) is 4.79 Å². The van der Waals surface area contributed by atoms with Crippen LogP contribution in [0.4, 0.5) is 0 Å². The first kappa shape index (κ1) is 12.1. The molecule has 1 aliphatic rings. The zero-order valence-electron chi connectivity index (χ0n) is 9.05. The van der Waals surface area contributed by atoms with Crippen molar-refractivity contribution in [3.8, 4) is 0 Å². The topological polar surface area (TPSA) is 49.3 Å². The zero-order chi connectivity index (χ0) is 11.8. The number of carbonyl (C=O) groups is 1. The molecule has 0 unspecified atom stereocenters. The van der Waals surface area contributed by atoms with Crippen LogP contribution in [0.25, 0.3) is 0 Å². The van der Waals surface area contributed by atoms with Gasteiger partial charge in [0.15, 0.2) is 0 Å². The van der Waals surface area contributed by atoms with Crippen LogP contribution in [0.1, 0.15) is 34.5 Å². The van der Waals surface area contributed by atoms with Gasteiger partial charge < -0.3 is 10.4 Å². The van der Waals surface area contributed by atoms with E-state index < -0.39 is 0 Å². The number of aliphatic hydroxyl groups excluding tert-OH is 1. The molecule has 0 atom stereocenters. The van der Waals surface area contributed by atoms with Crippen molar-refractivity contribution >= 4 is 33.2 Å².